The second kappa shape index (κ2) is 6.04. The summed E-state index contributed by atoms with van der Waals surface area (Å²) < 4.78 is 27.6. The number of amidine groups is 1. The third kappa shape index (κ3) is 3.35. The van der Waals surface area contributed by atoms with Crippen LogP contribution in [0.4, 0.5) is 8.78 Å². The number of nitrogens with zero attached hydrogens (tertiary/aromatic N) is 1. The van der Waals surface area contributed by atoms with E-state index in [1.54, 1.807) is 0 Å². The van der Waals surface area contributed by atoms with Gasteiger partial charge in [0, 0.05) is 10.8 Å². The van der Waals surface area contributed by atoms with Crippen LogP contribution < -0.4 is 5.73 Å². The maximum atomic E-state index is 13.8. The molecule has 0 bridgehead atoms. The summed E-state index contributed by atoms with van der Waals surface area (Å²) in [6.45, 7) is 5.88. The molecule has 1 atom stereocenters. The molecule has 0 saturated carbocycles. The molecule has 6 heteroatoms. The smallest absolute Gasteiger partial charge is 0.170 e. The first-order chi connectivity index (χ1) is 8.36. The highest BCUT2D eigenvalue weighted by Gasteiger charge is 2.18. The molecule has 18 heavy (non-hydrogen) atoms. The molecule has 0 spiro atoms. The van der Waals surface area contributed by atoms with Crippen molar-refractivity contribution in [2.45, 2.75) is 30.9 Å². The average molecular weight is 274 g/mol. The number of hydrogen-bond acceptors (Lipinski definition) is 3. The molecule has 1 unspecified atom stereocenters. The Morgan fingerprint density at radius 3 is 2.17 bits per heavy atom. The normalized spacial score (nSPS) is 14.0. The molecule has 0 fully saturated rings. The quantitative estimate of drug-likeness (QED) is 0.291. The minimum atomic E-state index is -0.700. The van der Waals surface area contributed by atoms with Gasteiger partial charge in [0.25, 0.3) is 0 Å². The highest BCUT2D eigenvalue weighted by atomic mass is 32.2. The van der Waals surface area contributed by atoms with Crippen LogP contribution in [0, 0.1) is 17.6 Å². The Bertz CT molecular complexity index is 440. The lowest BCUT2D eigenvalue weighted by atomic mass is 10.2. The number of oxime groups is 1. The van der Waals surface area contributed by atoms with E-state index in [0.717, 1.165) is 23.9 Å². The summed E-state index contributed by atoms with van der Waals surface area (Å²) >= 11 is 1.14. The number of halogens is 2. The standard InChI is InChI=1S/C12H16F2N2OS/c1-6(2)7(3)18-11-9(13)4-8(5-10(11)14)12(15)16-17/h4-7,17H,1-3H3,(H2,15,16). The van der Waals surface area contributed by atoms with Crippen LogP contribution in [0.3, 0.4) is 0 Å². The lowest BCUT2D eigenvalue weighted by molar-refractivity contribution is 0.318. The number of hydrogen-bond donors (Lipinski definition) is 2. The molecular weight excluding hydrogens is 258 g/mol. The summed E-state index contributed by atoms with van der Waals surface area (Å²) in [4.78, 5) is -0.0364. The van der Waals surface area contributed by atoms with Crippen molar-refractivity contribution in [3.8, 4) is 0 Å². The molecule has 3 nitrogen and oxygen atoms in total. The second-order valence-corrected chi connectivity index (χ2v) is 5.71. The molecule has 100 valence electrons. The number of rotatable bonds is 4. The van der Waals surface area contributed by atoms with Crippen LogP contribution in [0.1, 0.15) is 26.3 Å². The van der Waals surface area contributed by atoms with Crippen LogP contribution in [0.25, 0.3) is 0 Å². The van der Waals surface area contributed by atoms with Gasteiger partial charge in [-0.1, -0.05) is 25.9 Å². The minimum Gasteiger partial charge on any atom is -0.409 e. The van der Waals surface area contributed by atoms with Crippen LogP contribution in [0.15, 0.2) is 22.2 Å². The molecule has 0 radical (unpaired) electrons. The number of benzene rings is 1. The summed E-state index contributed by atoms with van der Waals surface area (Å²) in [6, 6.07) is 2.13. The van der Waals surface area contributed by atoms with Crippen LogP contribution in [0.5, 0.6) is 0 Å². The molecule has 0 aliphatic heterocycles. The highest BCUT2D eigenvalue weighted by Crippen LogP contribution is 2.32. The van der Waals surface area contributed by atoms with Gasteiger partial charge in [-0.2, -0.15) is 0 Å². The first kappa shape index (κ1) is 14.8. The number of nitrogens with two attached hydrogens (primary N) is 1. The van der Waals surface area contributed by atoms with Crippen molar-refractivity contribution in [2.24, 2.45) is 16.8 Å². The Hall–Kier alpha value is -1.30. The third-order valence-corrected chi connectivity index (χ3v) is 4.19. The molecular formula is C12H16F2N2OS. The fourth-order valence-electron chi connectivity index (χ4n) is 1.20. The van der Waals surface area contributed by atoms with Crippen LogP contribution >= 0.6 is 11.8 Å². The lowest BCUT2D eigenvalue weighted by Crippen LogP contribution is -2.14. The van der Waals surface area contributed by atoms with E-state index >= 15 is 0 Å². The molecule has 0 aromatic heterocycles. The molecule has 0 heterocycles. The van der Waals surface area contributed by atoms with Crippen molar-refractivity contribution >= 4 is 17.6 Å². The van der Waals surface area contributed by atoms with E-state index in [9.17, 15) is 8.78 Å². The molecule has 0 aliphatic carbocycles. The fraction of sp³-hybridized carbons (Fsp3) is 0.417. The van der Waals surface area contributed by atoms with Gasteiger partial charge in [-0.15, -0.1) is 11.8 Å². The fourth-order valence-corrected chi connectivity index (χ4v) is 2.19. The van der Waals surface area contributed by atoms with Crippen molar-refractivity contribution < 1.29 is 14.0 Å². The van der Waals surface area contributed by atoms with E-state index in [0.29, 0.717) is 5.92 Å². The molecule has 3 N–H and O–H groups in total. The van der Waals surface area contributed by atoms with E-state index < -0.39 is 11.6 Å². The Morgan fingerprint density at radius 2 is 1.78 bits per heavy atom. The van der Waals surface area contributed by atoms with E-state index in [1.165, 1.54) is 0 Å². The zero-order valence-electron chi connectivity index (χ0n) is 10.4. The topological polar surface area (TPSA) is 58.6 Å². The van der Waals surface area contributed by atoms with Crippen LogP contribution in [-0.4, -0.2) is 16.3 Å². The predicted molar refractivity (Wildman–Crippen MR) is 69.0 cm³/mol. The minimum absolute atomic E-state index is 0.0223. The average Bonchev–Trinajstić information content (AvgIpc) is 2.31. The zero-order valence-corrected chi connectivity index (χ0v) is 11.3. The lowest BCUT2D eigenvalue weighted by Gasteiger charge is -2.16. The van der Waals surface area contributed by atoms with Gasteiger partial charge in [0.1, 0.15) is 11.6 Å². The van der Waals surface area contributed by atoms with Crippen molar-refractivity contribution in [3.05, 3.63) is 29.3 Å². The van der Waals surface area contributed by atoms with Gasteiger partial charge in [-0.05, 0) is 18.1 Å². The van der Waals surface area contributed by atoms with Gasteiger partial charge in [0.2, 0.25) is 0 Å². The predicted octanol–water partition coefficient (Wildman–Crippen LogP) is 3.20. The van der Waals surface area contributed by atoms with Crippen LogP contribution in [0.2, 0.25) is 0 Å². The third-order valence-electron chi connectivity index (χ3n) is 2.64. The van der Waals surface area contributed by atoms with Crippen LogP contribution in [-0.2, 0) is 0 Å². The SMILES string of the molecule is CC(C)C(C)Sc1c(F)cc(C(N)=NO)cc1F. The molecule has 1 rings (SSSR count). The van der Waals surface area contributed by atoms with Gasteiger partial charge < -0.3 is 10.9 Å². The summed E-state index contributed by atoms with van der Waals surface area (Å²) in [5, 5.41) is 11.3. The van der Waals surface area contributed by atoms with E-state index in [4.69, 9.17) is 10.9 Å². The van der Waals surface area contributed by atoms with Crippen molar-refractivity contribution in [3.63, 3.8) is 0 Å². The molecule has 0 aliphatic rings. The Labute approximate surface area is 109 Å². The first-order valence-corrected chi connectivity index (χ1v) is 6.38. The summed E-state index contributed by atoms with van der Waals surface area (Å²) in [6.07, 6.45) is 0. The largest absolute Gasteiger partial charge is 0.409 e. The molecule has 0 saturated heterocycles. The summed E-state index contributed by atoms with van der Waals surface area (Å²) in [5.41, 5.74) is 5.31. The van der Waals surface area contributed by atoms with E-state index in [2.05, 4.69) is 5.16 Å². The molecule has 0 amide bonds. The van der Waals surface area contributed by atoms with Crippen molar-refractivity contribution in [2.75, 3.05) is 0 Å². The molecule has 1 aromatic carbocycles. The first-order valence-electron chi connectivity index (χ1n) is 5.50. The Morgan fingerprint density at radius 1 is 1.28 bits per heavy atom. The Kier molecular flexibility index (Phi) is 4.95. The summed E-state index contributed by atoms with van der Waals surface area (Å²) in [5.74, 6) is -1.41. The molecule has 1 aromatic rings. The van der Waals surface area contributed by atoms with E-state index in [1.807, 2.05) is 20.8 Å². The maximum absolute atomic E-state index is 13.8. The summed E-state index contributed by atoms with van der Waals surface area (Å²) in [7, 11) is 0. The van der Waals surface area contributed by atoms with Gasteiger partial charge in [-0.25, -0.2) is 8.78 Å². The zero-order chi connectivity index (χ0) is 13.9. The van der Waals surface area contributed by atoms with Gasteiger partial charge in [-0.3, -0.25) is 0 Å². The van der Waals surface area contributed by atoms with Crippen molar-refractivity contribution in [1.29, 1.82) is 0 Å². The van der Waals surface area contributed by atoms with Crippen molar-refractivity contribution in [1.82, 2.24) is 0 Å². The van der Waals surface area contributed by atoms with Gasteiger partial charge in [0.05, 0.1) is 4.90 Å². The highest BCUT2D eigenvalue weighted by molar-refractivity contribution is 8.00. The van der Waals surface area contributed by atoms with Gasteiger partial charge >= 0.3 is 0 Å². The number of thioether (sulfide) groups is 1. The maximum Gasteiger partial charge on any atom is 0.170 e. The van der Waals surface area contributed by atoms with Gasteiger partial charge in [0.15, 0.2) is 5.84 Å². The monoisotopic (exact) mass is 274 g/mol. The Balaban J connectivity index is 3.09. The van der Waals surface area contributed by atoms with E-state index in [-0.39, 0.29) is 21.5 Å². The second-order valence-electron chi connectivity index (χ2n) is 4.32.